The van der Waals surface area contributed by atoms with Crippen LogP contribution < -0.4 is 0 Å². The second-order valence-corrected chi connectivity index (χ2v) is 3.95. The zero-order valence-corrected chi connectivity index (χ0v) is 10.3. The van der Waals surface area contributed by atoms with Gasteiger partial charge in [-0.05, 0) is 18.1 Å². The van der Waals surface area contributed by atoms with Gasteiger partial charge in [0.15, 0.2) is 0 Å². The number of ether oxygens (including phenoxy) is 1. The van der Waals surface area contributed by atoms with Gasteiger partial charge >= 0.3 is 5.97 Å². The van der Waals surface area contributed by atoms with Crippen LogP contribution in [0.25, 0.3) is 0 Å². The summed E-state index contributed by atoms with van der Waals surface area (Å²) in [6, 6.07) is 0. The molecule has 0 aliphatic carbocycles. The zero-order valence-electron chi connectivity index (χ0n) is 8.76. The fraction of sp³-hybridized carbons (Fsp3) is 0.400. The van der Waals surface area contributed by atoms with Gasteiger partial charge in [-0.1, -0.05) is 15.9 Å². The second-order valence-electron chi connectivity index (χ2n) is 3.16. The standard InChI is InChI=1S/C10H10BrF2NO2/c1-5-8(11)6(3-7(15)16-2)4-14-9(5)10(12)13/h4,10H,3H2,1-2H3. The van der Waals surface area contributed by atoms with Crippen molar-refractivity contribution in [2.45, 2.75) is 19.8 Å². The number of rotatable bonds is 3. The molecule has 0 aromatic carbocycles. The van der Waals surface area contributed by atoms with Crippen molar-refractivity contribution in [3.8, 4) is 0 Å². The van der Waals surface area contributed by atoms with Crippen LogP contribution in [0.15, 0.2) is 10.7 Å². The van der Waals surface area contributed by atoms with E-state index in [0.29, 0.717) is 15.6 Å². The minimum atomic E-state index is -2.62. The topological polar surface area (TPSA) is 39.2 Å². The molecule has 16 heavy (non-hydrogen) atoms. The van der Waals surface area contributed by atoms with E-state index >= 15 is 0 Å². The van der Waals surface area contributed by atoms with Gasteiger partial charge in [0.05, 0.1) is 13.5 Å². The number of carbonyl (C=O) groups excluding carboxylic acids is 1. The number of pyridine rings is 1. The molecule has 1 aromatic rings. The normalized spacial score (nSPS) is 10.6. The third-order valence-corrected chi connectivity index (χ3v) is 3.23. The first-order chi connectivity index (χ1) is 7.47. The van der Waals surface area contributed by atoms with E-state index < -0.39 is 12.4 Å². The Labute approximate surface area is 99.9 Å². The molecule has 3 nitrogen and oxygen atoms in total. The highest BCUT2D eigenvalue weighted by Crippen LogP contribution is 2.28. The summed E-state index contributed by atoms with van der Waals surface area (Å²) in [6.07, 6.45) is -1.35. The average molecular weight is 294 g/mol. The summed E-state index contributed by atoms with van der Waals surface area (Å²) in [4.78, 5) is 14.7. The van der Waals surface area contributed by atoms with Crippen LogP contribution >= 0.6 is 15.9 Å². The van der Waals surface area contributed by atoms with Gasteiger partial charge in [-0.15, -0.1) is 0 Å². The fourth-order valence-electron chi connectivity index (χ4n) is 1.23. The Kier molecular flexibility index (Phi) is 4.35. The lowest BCUT2D eigenvalue weighted by Gasteiger charge is -2.09. The average Bonchev–Trinajstić information content (AvgIpc) is 2.24. The van der Waals surface area contributed by atoms with Crippen molar-refractivity contribution >= 4 is 21.9 Å². The first-order valence-electron chi connectivity index (χ1n) is 4.46. The van der Waals surface area contributed by atoms with Crippen LogP contribution in [-0.2, 0) is 16.0 Å². The molecular formula is C10H10BrF2NO2. The number of aromatic nitrogens is 1. The molecule has 88 valence electrons. The van der Waals surface area contributed by atoms with Crippen molar-refractivity contribution in [1.82, 2.24) is 4.98 Å². The molecule has 1 heterocycles. The van der Waals surface area contributed by atoms with Gasteiger partial charge in [0.2, 0.25) is 0 Å². The van der Waals surface area contributed by atoms with Crippen LogP contribution in [0.2, 0.25) is 0 Å². The number of hydrogen-bond acceptors (Lipinski definition) is 3. The van der Waals surface area contributed by atoms with Crippen LogP contribution in [0.3, 0.4) is 0 Å². The molecule has 0 bridgehead atoms. The molecule has 0 unspecified atom stereocenters. The lowest BCUT2D eigenvalue weighted by molar-refractivity contribution is -0.139. The third kappa shape index (κ3) is 2.75. The molecule has 0 radical (unpaired) electrons. The molecule has 0 aliphatic rings. The third-order valence-electron chi connectivity index (χ3n) is 2.12. The van der Waals surface area contributed by atoms with Crippen molar-refractivity contribution in [1.29, 1.82) is 0 Å². The number of alkyl halides is 2. The predicted molar refractivity (Wildman–Crippen MR) is 57.4 cm³/mol. The lowest BCUT2D eigenvalue weighted by Crippen LogP contribution is -2.07. The summed E-state index contributed by atoms with van der Waals surface area (Å²) in [6.45, 7) is 1.53. The summed E-state index contributed by atoms with van der Waals surface area (Å²) in [5.41, 5.74) is 0.602. The van der Waals surface area contributed by atoms with E-state index in [-0.39, 0.29) is 12.1 Å². The summed E-state index contributed by atoms with van der Waals surface area (Å²) in [5, 5.41) is 0. The summed E-state index contributed by atoms with van der Waals surface area (Å²) in [5.74, 6) is -0.438. The van der Waals surface area contributed by atoms with Crippen LogP contribution in [0.4, 0.5) is 8.78 Å². The molecule has 1 aromatic heterocycles. The van der Waals surface area contributed by atoms with Crippen molar-refractivity contribution in [3.05, 3.63) is 27.5 Å². The van der Waals surface area contributed by atoms with Crippen LogP contribution in [-0.4, -0.2) is 18.1 Å². The van der Waals surface area contributed by atoms with E-state index in [1.54, 1.807) is 0 Å². The van der Waals surface area contributed by atoms with Gasteiger partial charge in [0.25, 0.3) is 6.43 Å². The molecule has 1 rings (SSSR count). The molecule has 0 atom stereocenters. The van der Waals surface area contributed by atoms with Gasteiger partial charge in [-0.3, -0.25) is 9.78 Å². The van der Waals surface area contributed by atoms with E-state index in [1.165, 1.54) is 20.2 Å². The molecule has 0 N–H and O–H groups in total. The molecule has 0 saturated heterocycles. The van der Waals surface area contributed by atoms with Crippen LogP contribution in [0.5, 0.6) is 0 Å². The van der Waals surface area contributed by atoms with Gasteiger partial charge in [0, 0.05) is 10.7 Å². The van der Waals surface area contributed by atoms with E-state index in [4.69, 9.17) is 0 Å². The molecule has 6 heteroatoms. The first kappa shape index (κ1) is 13.0. The number of esters is 1. The van der Waals surface area contributed by atoms with Gasteiger partial charge < -0.3 is 4.74 Å². The van der Waals surface area contributed by atoms with E-state index in [0.717, 1.165) is 0 Å². The summed E-state index contributed by atoms with van der Waals surface area (Å²) < 4.78 is 30.0. The fourth-order valence-corrected chi connectivity index (χ4v) is 1.67. The Morgan fingerprint density at radius 1 is 1.62 bits per heavy atom. The number of halogens is 3. The Hall–Kier alpha value is -1.04. The maximum Gasteiger partial charge on any atom is 0.310 e. The van der Waals surface area contributed by atoms with E-state index in [2.05, 4.69) is 25.7 Å². The highest BCUT2D eigenvalue weighted by Gasteiger charge is 2.17. The zero-order chi connectivity index (χ0) is 12.3. The molecule has 0 fully saturated rings. The van der Waals surface area contributed by atoms with E-state index in [9.17, 15) is 13.6 Å². The Morgan fingerprint density at radius 3 is 2.75 bits per heavy atom. The monoisotopic (exact) mass is 293 g/mol. The molecule has 0 amide bonds. The van der Waals surface area contributed by atoms with Gasteiger partial charge in [-0.25, -0.2) is 8.78 Å². The molecule has 0 aliphatic heterocycles. The first-order valence-corrected chi connectivity index (χ1v) is 5.25. The molecular weight excluding hydrogens is 284 g/mol. The Morgan fingerprint density at radius 2 is 2.25 bits per heavy atom. The Bertz CT molecular complexity index is 410. The quantitative estimate of drug-likeness (QED) is 0.805. The largest absolute Gasteiger partial charge is 0.469 e. The SMILES string of the molecule is COC(=O)Cc1cnc(C(F)F)c(C)c1Br. The van der Waals surface area contributed by atoms with Crippen molar-refractivity contribution in [2.75, 3.05) is 7.11 Å². The maximum absolute atomic E-state index is 12.5. The van der Waals surface area contributed by atoms with Crippen molar-refractivity contribution < 1.29 is 18.3 Å². The molecule has 0 spiro atoms. The lowest BCUT2D eigenvalue weighted by atomic mass is 10.1. The van der Waals surface area contributed by atoms with Crippen molar-refractivity contribution in [2.24, 2.45) is 0 Å². The van der Waals surface area contributed by atoms with E-state index in [1.807, 2.05) is 0 Å². The highest BCUT2D eigenvalue weighted by atomic mass is 79.9. The van der Waals surface area contributed by atoms with Crippen LogP contribution in [0, 0.1) is 6.92 Å². The number of nitrogens with zero attached hydrogens (tertiary/aromatic N) is 1. The molecule has 0 saturated carbocycles. The van der Waals surface area contributed by atoms with Gasteiger partial charge in [-0.2, -0.15) is 0 Å². The Balaban J connectivity index is 3.07. The van der Waals surface area contributed by atoms with Crippen LogP contribution in [0.1, 0.15) is 23.2 Å². The maximum atomic E-state index is 12.5. The predicted octanol–water partition coefficient (Wildman–Crippen LogP) is 2.81. The minimum Gasteiger partial charge on any atom is -0.469 e. The smallest absolute Gasteiger partial charge is 0.310 e. The number of hydrogen-bond donors (Lipinski definition) is 0. The summed E-state index contributed by atoms with van der Waals surface area (Å²) in [7, 11) is 1.27. The number of methoxy groups -OCH3 is 1. The number of carbonyl (C=O) groups is 1. The highest BCUT2D eigenvalue weighted by molar-refractivity contribution is 9.10. The second kappa shape index (κ2) is 5.34. The van der Waals surface area contributed by atoms with Crippen molar-refractivity contribution in [3.63, 3.8) is 0 Å². The summed E-state index contributed by atoms with van der Waals surface area (Å²) >= 11 is 3.18. The van der Waals surface area contributed by atoms with Gasteiger partial charge in [0.1, 0.15) is 5.69 Å². The minimum absolute atomic E-state index is 0.00837.